The van der Waals surface area contributed by atoms with Gasteiger partial charge in [0.05, 0.1) is 0 Å². The van der Waals surface area contributed by atoms with Crippen LogP contribution in [0.3, 0.4) is 0 Å². The summed E-state index contributed by atoms with van der Waals surface area (Å²) in [6.07, 6.45) is 0. The zero-order chi connectivity index (χ0) is 14.7. The molecule has 0 aromatic heterocycles. The number of carbonyl (C=O) groups excluding carboxylic acids is 1. The van der Waals surface area contributed by atoms with Crippen LogP contribution in [0.15, 0.2) is 36.4 Å². The number of aryl methyl sites for hydroxylation is 3. The first-order valence-electron chi connectivity index (χ1n) is 6.78. The van der Waals surface area contributed by atoms with Crippen molar-refractivity contribution in [1.82, 2.24) is 0 Å². The summed E-state index contributed by atoms with van der Waals surface area (Å²) in [6.45, 7) is 8.39. The highest BCUT2D eigenvalue weighted by atomic mass is 16.5. The number of rotatable bonds is 4. The summed E-state index contributed by atoms with van der Waals surface area (Å²) >= 11 is 0. The molecule has 0 aliphatic carbocycles. The van der Waals surface area contributed by atoms with Crippen molar-refractivity contribution in [3.05, 3.63) is 64.2 Å². The van der Waals surface area contributed by atoms with Gasteiger partial charge in [-0.25, -0.2) is 0 Å². The van der Waals surface area contributed by atoms with Gasteiger partial charge < -0.3 is 4.74 Å². The second kappa shape index (κ2) is 5.91. The number of hydrogen-bond donors (Lipinski definition) is 0. The van der Waals surface area contributed by atoms with Crippen molar-refractivity contribution in [2.75, 3.05) is 0 Å². The molecule has 0 bridgehead atoms. The largest absolute Gasteiger partial charge is 0.489 e. The van der Waals surface area contributed by atoms with Crippen molar-refractivity contribution in [1.29, 1.82) is 0 Å². The molecule has 20 heavy (non-hydrogen) atoms. The maximum atomic E-state index is 11.4. The summed E-state index contributed by atoms with van der Waals surface area (Å²) in [5.74, 6) is 0.787. The van der Waals surface area contributed by atoms with Crippen LogP contribution in [0.5, 0.6) is 5.75 Å². The molecule has 2 aromatic carbocycles. The Morgan fingerprint density at radius 2 is 1.70 bits per heavy atom. The van der Waals surface area contributed by atoms with Crippen molar-refractivity contribution in [2.45, 2.75) is 34.3 Å². The molecule has 0 saturated heterocycles. The molecule has 0 aliphatic heterocycles. The SMILES string of the molecule is CC(=O)c1cccc(OCc2c(C)cc(C)cc2C)c1. The standard InChI is InChI=1S/C18H20O2/c1-12-8-13(2)18(14(3)9-12)11-20-17-7-5-6-16(10-17)15(4)19/h5-10H,11H2,1-4H3. The van der Waals surface area contributed by atoms with E-state index in [2.05, 4.69) is 32.9 Å². The smallest absolute Gasteiger partial charge is 0.159 e. The number of hydrogen-bond acceptors (Lipinski definition) is 2. The Bertz CT molecular complexity index is 619. The van der Waals surface area contributed by atoms with Crippen LogP contribution in [0.2, 0.25) is 0 Å². The average Bonchev–Trinajstić information content (AvgIpc) is 2.37. The summed E-state index contributed by atoms with van der Waals surface area (Å²) in [6, 6.07) is 11.7. The van der Waals surface area contributed by atoms with E-state index in [0.29, 0.717) is 12.2 Å². The van der Waals surface area contributed by atoms with Gasteiger partial charge in [0.1, 0.15) is 12.4 Å². The van der Waals surface area contributed by atoms with Gasteiger partial charge >= 0.3 is 0 Å². The van der Waals surface area contributed by atoms with E-state index in [1.54, 1.807) is 19.1 Å². The normalized spacial score (nSPS) is 10.4. The van der Waals surface area contributed by atoms with Crippen molar-refractivity contribution in [2.24, 2.45) is 0 Å². The third-order valence-corrected chi connectivity index (χ3v) is 3.46. The summed E-state index contributed by atoms with van der Waals surface area (Å²) in [7, 11) is 0. The minimum atomic E-state index is 0.0538. The van der Waals surface area contributed by atoms with Gasteiger partial charge in [0.2, 0.25) is 0 Å². The van der Waals surface area contributed by atoms with Gasteiger partial charge in [0, 0.05) is 5.56 Å². The van der Waals surface area contributed by atoms with Gasteiger partial charge in [0.15, 0.2) is 5.78 Å². The number of benzene rings is 2. The van der Waals surface area contributed by atoms with Gasteiger partial charge in [-0.1, -0.05) is 29.8 Å². The highest BCUT2D eigenvalue weighted by molar-refractivity contribution is 5.94. The Kier molecular flexibility index (Phi) is 4.23. The zero-order valence-corrected chi connectivity index (χ0v) is 12.5. The zero-order valence-electron chi connectivity index (χ0n) is 12.5. The summed E-state index contributed by atoms with van der Waals surface area (Å²) in [5.41, 5.74) is 5.64. The van der Waals surface area contributed by atoms with E-state index in [-0.39, 0.29) is 5.78 Å². The van der Waals surface area contributed by atoms with Crippen LogP contribution in [-0.2, 0) is 6.61 Å². The number of carbonyl (C=O) groups is 1. The molecule has 0 fully saturated rings. The third kappa shape index (κ3) is 3.27. The Balaban J connectivity index is 2.17. The van der Waals surface area contributed by atoms with Gasteiger partial charge in [0.25, 0.3) is 0 Å². The fourth-order valence-corrected chi connectivity index (χ4v) is 2.40. The number of ketones is 1. The second-order valence-electron chi connectivity index (χ2n) is 5.25. The fraction of sp³-hybridized carbons (Fsp3) is 0.278. The maximum absolute atomic E-state index is 11.4. The maximum Gasteiger partial charge on any atom is 0.159 e. The molecule has 2 rings (SSSR count). The topological polar surface area (TPSA) is 26.3 Å². The third-order valence-electron chi connectivity index (χ3n) is 3.46. The predicted molar refractivity (Wildman–Crippen MR) is 81.4 cm³/mol. The first-order valence-corrected chi connectivity index (χ1v) is 6.78. The quantitative estimate of drug-likeness (QED) is 0.768. The average molecular weight is 268 g/mol. The predicted octanol–water partition coefficient (Wildman–Crippen LogP) is 4.39. The molecule has 0 saturated carbocycles. The number of Topliss-reactive ketones (excluding diaryl/α,β-unsaturated/α-hetero) is 1. The summed E-state index contributed by atoms with van der Waals surface area (Å²) < 4.78 is 5.83. The van der Waals surface area contributed by atoms with Crippen LogP contribution in [0.4, 0.5) is 0 Å². The van der Waals surface area contributed by atoms with Crippen LogP contribution in [0, 0.1) is 20.8 Å². The summed E-state index contributed by atoms with van der Waals surface area (Å²) in [4.78, 5) is 11.4. The summed E-state index contributed by atoms with van der Waals surface area (Å²) in [5, 5.41) is 0. The molecule has 2 heteroatoms. The molecule has 0 aliphatic rings. The molecule has 104 valence electrons. The van der Waals surface area contributed by atoms with E-state index < -0.39 is 0 Å². The minimum absolute atomic E-state index is 0.0538. The molecule has 0 N–H and O–H groups in total. The van der Waals surface area contributed by atoms with E-state index in [0.717, 1.165) is 5.75 Å². The fourth-order valence-electron chi connectivity index (χ4n) is 2.40. The van der Waals surface area contributed by atoms with E-state index in [4.69, 9.17) is 4.74 Å². The van der Waals surface area contributed by atoms with E-state index in [9.17, 15) is 4.79 Å². The lowest BCUT2D eigenvalue weighted by Gasteiger charge is -2.13. The Morgan fingerprint density at radius 3 is 2.30 bits per heavy atom. The van der Waals surface area contributed by atoms with Crippen molar-refractivity contribution in [3.63, 3.8) is 0 Å². The van der Waals surface area contributed by atoms with Crippen LogP contribution in [-0.4, -0.2) is 5.78 Å². The molecular formula is C18H20O2. The van der Waals surface area contributed by atoms with Crippen molar-refractivity contribution in [3.8, 4) is 5.75 Å². The molecule has 0 radical (unpaired) electrons. The van der Waals surface area contributed by atoms with Crippen molar-refractivity contribution >= 4 is 5.78 Å². The van der Waals surface area contributed by atoms with Crippen LogP contribution >= 0.6 is 0 Å². The van der Waals surface area contributed by atoms with Crippen LogP contribution < -0.4 is 4.74 Å². The van der Waals surface area contributed by atoms with Gasteiger partial charge in [-0.15, -0.1) is 0 Å². The van der Waals surface area contributed by atoms with Crippen molar-refractivity contribution < 1.29 is 9.53 Å². The Hall–Kier alpha value is -2.09. The van der Waals surface area contributed by atoms with Gasteiger partial charge in [-0.05, 0) is 56.5 Å². The van der Waals surface area contributed by atoms with Gasteiger partial charge in [-0.3, -0.25) is 4.79 Å². The lowest BCUT2D eigenvalue weighted by atomic mass is 10.0. The Labute approximate surface area is 120 Å². The lowest BCUT2D eigenvalue weighted by Crippen LogP contribution is -2.02. The molecule has 2 aromatic rings. The monoisotopic (exact) mass is 268 g/mol. The molecule has 0 amide bonds. The molecule has 0 spiro atoms. The first-order chi connectivity index (χ1) is 9.47. The number of ether oxygens (including phenoxy) is 1. The second-order valence-corrected chi connectivity index (χ2v) is 5.25. The molecular weight excluding hydrogens is 248 g/mol. The molecule has 0 heterocycles. The molecule has 0 atom stereocenters. The van der Waals surface area contributed by atoms with E-state index >= 15 is 0 Å². The van der Waals surface area contributed by atoms with E-state index in [1.807, 2.05) is 12.1 Å². The molecule has 2 nitrogen and oxygen atoms in total. The van der Waals surface area contributed by atoms with Gasteiger partial charge in [-0.2, -0.15) is 0 Å². The minimum Gasteiger partial charge on any atom is -0.489 e. The molecule has 0 unspecified atom stereocenters. The van der Waals surface area contributed by atoms with Crippen LogP contribution in [0.25, 0.3) is 0 Å². The lowest BCUT2D eigenvalue weighted by molar-refractivity contribution is 0.101. The highest BCUT2D eigenvalue weighted by Crippen LogP contribution is 2.20. The Morgan fingerprint density at radius 1 is 1.05 bits per heavy atom. The highest BCUT2D eigenvalue weighted by Gasteiger charge is 2.06. The van der Waals surface area contributed by atoms with Crippen LogP contribution in [0.1, 0.15) is 39.5 Å². The first kappa shape index (κ1) is 14.3. The van der Waals surface area contributed by atoms with E-state index in [1.165, 1.54) is 22.3 Å².